The highest BCUT2D eigenvalue weighted by molar-refractivity contribution is 7.21. The number of benzene rings is 1. The summed E-state index contributed by atoms with van der Waals surface area (Å²) in [6.07, 6.45) is 5.62. The number of methoxy groups -OCH3 is 1. The van der Waals surface area contributed by atoms with Crippen LogP contribution in [0, 0.1) is 0 Å². The van der Waals surface area contributed by atoms with E-state index in [4.69, 9.17) is 4.74 Å². The van der Waals surface area contributed by atoms with Crippen LogP contribution in [0.3, 0.4) is 0 Å². The lowest BCUT2D eigenvalue weighted by Gasteiger charge is -2.08. The first kappa shape index (κ1) is 16.4. The van der Waals surface area contributed by atoms with Gasteiger partial charge in [-0.15, -0.1) is 11.3 Å². The Balaban J connectivity index is 1.65. The molecule has 0 fully saturated rings. The number of ether oxygens (including phenoxy) is 1. The molecule has 6 heteroatoms. The van der Waals surface area contributed by atoms with E-state index in [1.165, 1.54) is 11.3 Å². The first-order chi connectivity index (χ1) is 12.8. The van der Waals surface area contributed by atoms with E-state index in [1.54, 1.807) is 13.3 Å². The van der Waals surface area contributed by atoms with Gasteiger partial charge in [0.05, 0.1) is 12.8 Å². The van der Waals surface area contributed by atoms with E-state index >= 15 is 0 Å². The summed E-state index contributed by atoms with van der Waals surface area (Å²) in [5.74, 6) is 0.662. The number of rotatable bonds is 5. The minimum atomic E-state index is -0.112. The number of hydrogen-bond donors (Lipinski definition) is 1. The van der Waals surface area contributed by atoms with Crippen LogP contribution in [0.4, 0.5) is 0 Å². The van der Waals surface area contributed by atoms with Gasteiger partial charge in [-0.2, -0.15) is 0 Å². The highest BCUT2D eigenvalue weighted by atomic mass is 32.1. The molecule has 0 unspecified atom stereocenters. The third kappa shape index (κ3) is 3.07. The molecule has 0 radical (unpaired) electrons. The highest BCUT2D eigenvalue weighted by Gasteiger charge is 2.20. The van der Waals surface area contributed by atoms with E-state index in [-0.39, 0.29) is 5.91 Å². The van der Waals surface area contributed by atoms with Crippen LogP contribution in [0.25, 0.3) is 15.9 Å². The molecule has 0 spiro atoms. The molecular formula is C20H17N3O2S. The lowest BCUT2D eigenvalue weighted by molar-refractivity contribution is 0.0955. The zero-order valence-electron chi connectivity index (χ0n) is 14.2. The fourth-order valence-corrected chi connectivity index (χ4v) is 3.92. The Morgan fingerprint density at radius 1 is 1.19 bits per heavy atom. The van der Waals surface area contributed by atoms with Gasteiger partial charge in [-0.25, -0.2) is 4.98 Å². The summed E-state index contributed by atoms with van der Waals surface area (Å²) in [7, 11) is 1.63. The molecule has 3 heterocycles. The summed E-state index contributed by atoms with van der Waals surface area (Å²) in [6.45, 7) is 0.433. The second kappa shape index (κ2) is 7.01. The lowest BCUT2D eigenvalue weighted by atomic mass is 10.2. The number of amides is 1. The molecule has 4 rings (SSSR count). The van der Waals surface area contributed by atoms with E-state index in [0.29, 0.717) is 11.4 Å². The van der Waals surface area contributed by atoms with Crippen LogP contribution in [0.5, 0.6) is 5.75 Å². The Labute approximate surface area is 154 Å². The third-order valence-corrected chi connectivity index (χ3v) is 5.20. The molecule has 4 aromatic rings. The Morgan fingerprint density at radius 3 is 2.85 bits per heavy atom. The topological polar surface area (TPSA) is 56.1 Å². The van der Waals surface area contributed by atoms with E-state index in [0.717, 1.165) is 27.2 Å². The second-order valence-electron chi connectivity index (χ2n) is 5.76. The molecule has 3 aromatic heterocycles. The molecule has 1 N–H and O–H groups in total. The number of pyridine rings is 1. The molecule has 0 aliphatic heterocycles. The van der Waals surface area contributed by atoms with Crippen molar-refractivity contribution in [2.75, 3.05) is 7.11 Å². The molecule has 26 heavy (non-hydrogen) atoms. The van der Waals surface area contributed by atoms with Crippen molar-refractivity contribution in [2.45, 2.75) is 6.54 Å². The molecule has 130 valence electrons. The summed E-state index contributed by atoms with van der Waals surface area (Å²) in [4.78, 5) is 18.8. The lowest BCUT2D eigenvalue weighted by Crippen LogP contribution is -2.23. The normalized spacial score (nSPS) is 10.8. The number of nitrogens with one attached hydrogen (secondary N) is 1. The number of fused-ring (bicyclic) bond motifs is 1. The molecule has 1 amide bonds. The van der Waals surface area contributed by atoms with Gasteiger partial charge in [0.2, 0.25) is 0 Å². The van der Waals surface area contributed by atoms with E-state index < -0.39 is 0 Å². The monoisotopic (exact) mass is 363 g/mol. The largest absolute Gasteiger partial charge is 0.497 e. The maximum Gasteiger partial charge on any atom is 0.263 e. The summed E-state index contributed by atoms with van der Waals surface area (Å²) in [6, 6.07) is 15.4. The van der Waals surface area contributed by atoms with Gasteiger partial charge in [-0.3, -0.25) is 4.79 Å². The van der Waals surface area contributed by atoms with Gasteiger partial charge in [-0.1, -0.05) is 12.1 Å². The van der Waals surface area contributed by atoms with Gasteiger partial charge in [0.25, 0.3) is 5.91 Å². The maximum absolute atomic E-state index is 12.9. The van der Waals surface area contributed by atoms with Crippen LogP contribution in [0.15, 0.2) is 67.1 Å². The second-order valence-corrected chi connectivity index (χ2v) is 6.76. The minimum absolute atomic E-state index is 0.112. The van der Waals surface area contributed by atoms with Crippen molar-refractivity contribution in [3.8, 4) is 11.4 Å². The van der Waals surface area contributed by atoms with E-state index in [9.17, 15) is 4.79 Å². The van der Waals surface area contributed by atoms with Crippen molar-refractivity contribution in [3.63, 3.8) is 0 Å². The SMILES string of the molecule is COc1cccc(CNC(=O)c2sc3ncccc3c2-n2cccc2)c1. The van der Waals surface area contributed by atoms with Gasteiger partial charge in [0, 0.05) is 30.5 Å². The predicted molar refractivity (Wildman–Crippen MR) is 103 cm³/mol. The molecule has 0 aliphatic rings. The Hall–Kier alpha value is -3.12. The number of carbonyl (C=O) groups is 1. The van der Waals surface area contributed by atoms with Crippen LogP contribution in [-0.4, -0.2) is 22.6 Å². The van der Waals surface area contributed by atoms with Crippen molar-refractivity contribution >= 4 is 27.5 Å². The fourth-order valence-electron chi connectivity index (χ4n) is 2.86. The standard InChI is InChI=1S/C20H17N3O2S/c1-25-15-7-4-6-14(12-15)13-22-19(24)18-17(23-10-2-3-11-23)16-8-5-9-21-20(16)26-18/h2-12H,13H2,1H3,(H,22,24). The molecule has 0 aliphatic carbocycles. The zero-order chi connectivity index (χ0) is 17.9. The summed E-state index contributed by atoms with van der Waals surface area (Å²) in [5.41, 5.74) is 1.85. The number of thiophene rings is 1. The van der Waals surface area contributed by atoms with Crippen molar-refractivity contribution in [1.29, 1.82) is 0 Å². The number of nitrogens with zero attached hydrogens (tertiary/aromatic N) is 2. The Morgan fingerprint density at radius 2 is 2.04 bits per heavy atom. The molecule has 1 aromatic carbocycles. The number of aromatic nitrogens is 2. The van der Waals surface area contributed by atoms with Crippen molar-refractivity contribution in [3.05, 3.63) is 77.6 Å². The van der Waals surface area contributed by atoms with E-state index in [2.05, 4.69) is 10.3 Å². The quantitative estimate of drug-likeness (QED) is 0.582. The van der Waals surface area contributed by atoms with Crippen LogP contribution < -0.4 is 10.1 Å². The maximum atomic E-state index is 12.9. The van der Waals surface area contributed by atoms with Crippen LogP contribution in [0.2, 0.25) is 0 Å². The number of carbonyl (C=O) groups excluding carboxylic acids is 1. The van der Waals surface area contributed by atoms with Gasteiger partial charge in [0.15, 0.2) is 0 Å². The minimum Gasteiger partial charge on any atom is -0.497 e. The first-order valence-corrected chi connectivity index (χ1v) is 9.00. The molecule has 0 saturated carbocycles. The van der Waals surface area contributed by atoms with Crippen molar-refractivity contribution in [2.24, 2.45) is 0 Å². The molecule has 0 atom stereocenters. The molecule has 0 bridgehead atoms. The molecule has 5 nitrogen and oxygen atoms in total. The summed E-state index contributed by atoms with van der Waals surface area (Å²) < 4.78 is 7.19. The average Bonchev–Trinajstić information content (AvgIpc) is 3.33. The Kier molecular flexibility index (Phi) is 4.41. The van der Waals surface area contributed by atoms with Crippen LogP contribution in [-0.2, 0) is 6.54 Å². The van der Waals surface area contributed by atoms with Gasteiger partial charge in [0.1, 0.15) is 15.5 Å². The fraction of sp³-hybridized carbons (Fsp3) is 0.100. The van der Waals surface area contributed by atoms with Gasteiger partial charge in [-0.05, 0) is 42.0 Å². The predicted octanol–water partition coefficient (Wildman–Crippen LogP) is 4.03. The van der Waals surface area contributed by atoms with Crippen molar-refractivity contribution < 1.29 is 9.53 Å². The van der Waals surface area contributed by atoms with Gasteiger partial charge < -0.3 is 14.6 Å². The van der Waals surface area contributed by atoms with Crippen LogP contribution in [0.1, 0.15) is 15.2 Å². The Bertz CT molecular complexity index is 1050. The first-order valence-electron chi connectivity index (χ1n) is 8.18. The molecular weight excluding hydrogens is 346 g/mol. The van der Waals surface area contributed by atoms with Gasteiger partial charge >= 0.3 is 0 Å². The summed E-state index contributed by atoms with van der Waals surface area (Å²) in [5, 5.41) is 3.98. The third-order valence-electron chi connectivity index (χ3n) is 4.10. The zero-order valence-corrected chi connectivity index (χ0v) is 15.0. The summed E-state index contributed by atoms with van der Waals surface area (Å²) >= 11 is 1.40. The van der Waals surface area contributed by atoms with Crippen molar-refractivity contribution in [1.82, 2.24) is 14.9 Å². The van der Waals surface area contributed by atoms with E-state index in [1.807, 2.05) is 65.5 Å². The number of hydrogen-bond acceptors (Lipinski definition) is 4. The van der Waals surface area contributed by atoms with Crippen LogP contribution >= 0.6 is 11.3 Å². The highest BCUT2D eigenvalue weighted by Crippen LogP contribution is 2.33. The average molecular weight is 363 g/mol. The smallest absolute Gasteiger partial charge is 0.263 e. The molecule has 0 saturated heterocycles.